The fraction of sp³-hybridized carbons (Fsp3) is 0.273. The van der Waals surface area contributed by atoms with Crippen molar-refractivity contribution >= 4 is 5.97 Å². The number of hydrogen-bond acceptors (Lipinski definition) is 4. The number of hydrogen-bond donors (Lipinski definition) is 1. The topological polar surface area (TPSA) is 56.1 Å². The summed E-state index contributed by atoms with van der Waals surface area (Å²) >= 11 is 0. The summed E-state index contributed by atoms with van der Waals surface area (Å²) in [5.41, 5.74) is 0.914. The first-order valence-corrected chi connectivity index (χ1v) is 9.62. The van der Waals surface area contributed by atoms with Gasteiger partial charge in [-0.25, -0.2) is 9.48 Å². The van der Waals surface area contributed by atoms with Crippen molar-refractivity contribution in [3.05, 3.63) is 83.7 Å². The van der Waals surface area contributed by atoms with Crippen LogP contribution in [0.2, 0.25) is 0 Å². The third-order valence-corrected chi connectivity index (χ3v) is 5.16. The van der Waals surface area contributed by atoms with Crippen LogP contribution in [0.15, 0.2) is 66.9 Å². The summed E-state index contributed by atoms with van der Waals surface area (Å²) in [7, 11) is 0. The van der Waals surface area contributed by atoms with E-state index in [0.717, 1.165) is 29.3 Å². The van der Waals surface area contributed by atoms with E-state index in [0.29, 0.717) is 17.8 Å². The van der Waals surface area contributed by atoms with Crippen LogP contribution in [0.5, 0.6) is 0 Å². The molecular weight excluding hydrogens is 395 g/mol. The predicted molar refractivity (Wildman–Crippen MR) is 104 cm³/mol. The van der Waals surface area contributed by atoms with Crippen molar-refractivity contribution in [3.63, 3.8) is 0 Å². The number of nitrogens with one attached hydrogen (secondary N) is 1. The van der Waals surface area contributed by atoms with E-state index in [1.807, 2.05) is 30.3 Å². The van der Waals surface area contributed by atoms with Crippen LogP contribution in [-0.2, 0) is 10.9 Å². The van der Waals surface area contributed by atoms with E-state index < -0.39 is 17.8 Å². The maximum absolute atomic E-state index is 12.7. The Bertz CT molecular complexity index is 1000. The molecule has 2 atom stereocenters. The van der Waals surface area contributed by atoms with Gasteiger partial charge in [-0.15, -0.1) is 0 Å². The van der Waals surface area contributed by atoms with Crippen molar-refractivity contribution in [1.29, 1.82) is 0 Å². The first kappa shape index (κ1) is 20.2. The normalized spacial score (nSPS) is 19.4. The highest BCUT2D eigenvalue weighted by Crippen LogP contribution is 2.29. The number of alkyl halides is 3. The molecule has 0 bridgehead atoms. The molecule has 0 aliphatic carbocycles. The minimum absolute atomic E-state index is 0.112. The monoisotopic (exact) mass is 415 g/mol. The van der Waals surface area contributed by atoms with Crippen molar-refractivity contribution in [2.75, 3.05) is 13.1 Å². The third kappa shape index (κ3) is 4.38. The number of piperidine rings is 1. The first-order valence-electron chi connectivity index (χ1n) is 9.62. The molecule has 1 aromatic heterocycles. The summed E-state index contributed by atoms with van der Waals surface area (Å²) in [5.74, 6) is -0.354. The minimum Gasteiger partial charge on any atom is -0.457 e. The lowest BCUT2D eigenvalue weighted by Crippen LogP contribution is -2.42. The number of nitrogens with zero attached hydrogens (tertiary/aromatic N) is 2. The molecule has 3 aromatic rings. The number of rotatable bonds is 4. The molecule has 2 heterocycles. The highest BCUT2D eigenvalue weighted by Gasteiger charge is 2.33. The molecule has 8 heteroatoms. The zero-order valence-corrected chi connectivity index (χ0v) is 16.0. The van der Waals surface area contributed by atoms with Crippen LogP contribution in [0.25, 0.3) is 5.69 Å². The van der Waals surface area contributed by atoms with Crippen molar-refractivity contribution in [1.82, 2.24) is 15.1 Å². The van der Waals surface area contributed by atoms with Gasteiger partial charge in [0.25, 0.3) is 0 Å². The minimum atomic E-state index is -4.50. The molecule has 2 aromatic carbocycles. The van der Waals surface area contributed by atoms with Crippen molar-refractivity contribution < 1.29 is 22.7 Å². The Labute approximate surface area is 171 Å². The van der Waals surface area contributed by atoms with Crippen LogP contribution in [0, 0.1) is 0 Å². The summed E-state index contributed by atoms with van der Waals surface area (Å²) in [6, 6.07) is 17.0. The Morgan fingerprint density at radius 3 is 2.47 bits per heavy atom. The summed E-state index contributed by atoms with van der Waals surface area (Å²) < 4.78 is 45.1. The van der Waals surface area contributed by atoms with Gasteiger partial charge < -0.3 is 10.1 Å². The van der Waals surface area contributed by atoms with Gasteiger partial charge in [0.2, 0.25) is 0 Å². The van der Waals surface area contributed by atoms with Gasteiger partial charge in [0.1, 0.15) is 6.10 Å². The molecule has 0 amide bonds. The molecule has 1 N–H and O–H groups in total. The molecule has 0 radical (unpaired) electrons. The van der Waals surface area contributed by atoms with Gasteiger partial charge in [-0.1, -0.05) is 30.3 Å². The number of carbonyl (C=O) groups is 1. The Morgan fingerprint density at radius 1 is 1.07 bits per heavy atom. The molecular formula is C22H20F3N3O2. The molecule has 1 saturated heterocycles. The van der Waals surface area contributed by atoms with E-state index in [-0.39, 0.29) is 12.0 Å². The average Bonchev–Trinajstić information content (AvgIpc) is 3.26. The van der Waals surface area contributed by atoms with Gasteiger partial charge in [-0.05, 0) is 48.9 Å². The molecule has 30 heavy (non-hydrogen) atoms. The van der Waals surface area contributed by atoms with Crippen LogP contribution in [0.4, 0.5) is 13.2 Å². The van der Waals surface area contributed by atoms with E-state index in [2.05, 4.69) is 10.4 Å². The summed E-state index contributed by atoms with van der Waals surface area (Å²) in [4.78, 5) is 12.7. The molecule has 1 aliphatic rings. The smallest absolute Gasteiger partial charge is 0.435 e. The first-order chi connectivity index (χ1) is 14.4. The highest BCUT2D eigenvalue weighted by atomic mass is 19.4. The lowest BCUT2D eigenvalue weighted by molar-refractivity contribution is -0.141. The second-order valence-electron chi connectivity index (χ2n) is 7.14. The van der Waals surface area contributed by atoms with E-state index >= 15 is 0 Å². The number of halogens is 3. The maximum Gasteiger partial charge on any atom is 0.435 e. The van der Waals surface area contributed by atoms with Gasteiger partial charge >= 0.3 is 12.1 Å². The number of benzene rings is 2. The maximum atomic E-state index is 12.7. The second kappa shape index (κ2) is 8.31. The molecule has 0 saturated carbocycles. The van der Waals surface area contributed by atoms with E-state index in [1.54, 1.807) is 0 Å². The zero-order chi connectivity index (χ0) is 21.1. The predicted octanol–water partition coefficient (Wildman–Crippen LogP) is 4.19. The molecule has 156 valence electrons. The van der Waals surface area contributed by atoms with E-state index in [4.69, 9.17) is 4.74 Å². The lowest BCUT2D eigenvalue weighted by Gasteiger charge is -2.32. The van der Waals surface area contributed by atoms with Gasteiger partial charge in [0, 0.05) is 18.7 Å². The fourth-order valence-corrected chi connectivity index (χ4v) is 3.61. The fourth-order valence-electron chi connectivity index (χ4n) is 3.61. The second-order valence-corrected chi connectivity index (χ2v) is 7.14. The lowest BCUT2D eigenvalue weighted by atomic mass is 9.88. The van der Waals surface area contributed by atoms with Crippen molar-refractivity contribution in [2.24, 2.45) is 0 Å². The number of ether oxygens (including phenoxy) is 1. The average molecular weight is 415 g/mol. The largest absolute Gasteiger partial charge is 0.457 e. The molecule has 1 aliphatic heterocycles. The van der Waals surface area contributed by atoms with Gasteiger partial charge in [-0.3, -0.25) is 0 Å². The molecule has 5 nitrogen and oxygen atoms in total. The van der Waals surface area contributed by atoms with Crippen LogP contribution < -0.4 is 5.32 Å². The number of esters is 1. The molecule has 0 spiro atoms. The summed E-state index contributed by atoms with van der Waals surface area (Å²) in [6.45, 7) is 1.42. The van der Waals surface area contributed by atoms with E-state index in [1.165, 1.54) is 30.5 Å². The Hall–Kier alpha value is -3.13. The Balaban J connectivity index is 1.46. The summed E-state index contributed by atoms with van der Waals surface area (Å²) in [5, 5.41) is 6.79. The molecule has 1 fully saturated rings. The molecule has 0 unspecified atom stereocenters. The third-order valence-electron chi connectivity index (χ3n) is 5.16. The van der Waals surface area contributed by atoms with Crippen LogP contribution in [-0.4, -0.2) is 34.9 Å². The quantitative estimate of drug-likeness (QED) is 0.649. The van der Waals surface area contributed by atoms with E-state index in [9.17, 15) is 18.0 Å². The van der Waals surface area contributed by atoms with Crippen molar-refractivity contribution in [3.8, 4) is 5.69 Å². The SMILES string of the molecule is O=C(O[C@@H]1CNCC[C@H]1c1ccccc1)c1ccc(-n2ccc(C(F)(F)F)n2)cc1. The van der Waals surface area contributed by atoms with Gasteiger partial charge in [-0.2, -0.15) is 18.3 Å². The van der Waals surface area contributed by atoms with Gasteiger partial charge in [0.15, 0.2) is 5.69 Å². The standard InChI is InChI=1S/C22H20F3N3O2/c23-22(24,25)20-11-13-28(27-20)17-8-6-16(7-9-17)21(29)30-19-14-26-12-10-18(19)15-4-2-1-3-5-15/h1-9,11,13,18-19,26H,10,12,14H2/t18-,19+/m0/s1. The van der Waals surface area contributed by atoms with Gasteiger partial charge in [0.05, 0.1) is 11.3 Å². The van der Waals surface area contributed by atoms with Crippen molar-refractivity contribution in [2.45, 2.75) is 24.6 Å². The Morgan fingerprint density at radius 2 is 1.80 bits per heavy atom. The van der Waals surface area contributed by atoms with Crippen LogP contribution >= 0.6 is 0 Å². The Kier molecular flexibility index (Phi) is 5.59. The molecule has 4 rings (SSSR count). The zero-order valence-electron chi connectivity index (χ0n) is 16.0. The van der Waals surface area contributed by atoms with Crippen LogP contribution in [0.3, 0.4) is 0 Å². The summed E-state index contributed by atoms with van der Waals surface area (Å²) in [6.07, 6.45) is -2.71. The highest BCUT2D eigenvalue weighted by molar-refractivity contribution is 5.89. The number of carbonyl (C=O) groups excluding carboxylic acids is 1. The number of aromatic nitrogens is 2. The van der Waals surface area contributed by atoms with Crippen LogP contribution in [0.1, 0.15) is 34.0 Å².